The van der Waals surface area contributed by atoms with E-state index < -0.39 is 5.54 Å². The predicted molar refractivity (Wildman–Crippen MR) is 95.0 cm³/mol. The van der Waals surface area contributed by atoms with Gasteiger partial charge in [-0.3, -0.25) is 9.69 Å². The lowest BCUT2D eigenvalue weighted by molar-refractivity contribution is -0.123. The van der Waals surface area contributed by atoms with Gasteiger partial charge in [-0.15, -0.1) is 11.3 Å². The molecule has 2 heterocycles. The largest absolute Gasteiger partial charge is 0.346 e. The molecule has 3 rings (SSSR count). The number of anilines is 1. The van der Waals surface area contributed by atoms with Crippen molar-refractivity contribution in [1.29, 1.82) is 5.26 Å². The van der Waals surface area contributed by atoms with Gasteiger partial charge in [-0.05, 0) is 12.8 Å². The van der Waals surface area contributed by atoms with E-state index >= 15 is 0 Å². The van der Waals surface area contributed by atoms with Crippen molar-refractivity contribution in [2.75, 3.05) is 37.6 Å². The lowest BCUT2D eigenvalue weighted by Gasteiger charge is -2.35. The summed E-state index contributed by atoms with van der Waals surface area (Å²) in [6.45, 7) is 3.88. The molecule has 130 valence electrons. The fraction of sp³-hybridized carbons (Fsp3) is 0.706. The molecule has 1 aliphatic carbocycles. The highest BCUT2D eigenvalue weighted by molar-refractivity contribution is 7.13. The number of carbonyl (C=O) groups excluding carboxylic acids is 1. The van der Waals surface area contributed by atoms with E-state index in [0.717, 1.165) is 69.8 Å². The highest BCUT2D eigenvalue weighted by Gasteiger charge is 2.33. The van der Waals surface area contributed by atoms with Gasteiger partial charge < -0.3 is 10.2 Å². The number of hydrogen-bond acceptors (Lipinski definition) is 6. The maximum absolute atomic E-state index is 12.4. The number of amides is 1. The van der Waals surface area contributed by atoms with Crippen LogP contribution in [0.25, 0.3) is 0 Å². The Morgan fingerprint density at radius 3 is 2.54 bits per heavy atom. The molecule has 0 bridgehead atoms. The highest BCUT2D eigenvalue weighted by atomic mass is 32.1. The SMILES string of the molecule is N#CC1(NC(=O)CN2CCN(c3nccs3)CC2)CCCCCC1. The second-order valence-electron chi connectivity index (χ2n) is 6.73. The van der Waals surface area contributed by atoms with Crippen LogP contribution in [0.5, 0.6) is 0 Å². The van der Waals surface area contributed by atoms with E-state index in [-0.39, 0.29) is 5.91 Å². The zero-order valence-electron chi connectivity index (χ0n) is 14.0. The highest BCUT2D eigenvalue weighted by Crippen LogP contribution is 2.26. The molecular formula is C17H25N5OS. The predicted octanol–water partition coefficient (Wildman–Crippen LogP) is 2.00. The monoisotopic (exact) mass is 347 g/mol. The molecule has 1 saturated carbocycles. The molecule has 0 atom stereocenters. The van der Waals surface area contributed by atoms with Crippen LogP contribution in [0.3, 0.4) is 0 Å². The average molecular weight is 347 g/mol. The number of nitriles is 1. The summed E-state index contributed by atoms with van der Waals surface area (Å²) in [5.74, 6) is -0.0128. The summed E-state index contributed by atoms with van der Waals surface area (Å²) >= 11 is 1.65. The van der Waals surface area contributed by atoms with Crippen molar-refractivity contribution in [3.63, 3.8) is 0 Å². The van der Waals surface area contributed by atoms with Crippen molar-refractivity contribution in [1.82, 2.24) is 15.2 Å². The Balaban J connectivity index is 1.48. The normalized spacial score (nSPS) is 21.7. The number of nitrogens with zero attached hydrogens (tertiary/aromatic N) is 4. The molecule has 2 fully saturated rings. The molecule has 1 aliphatic heterocycles. The molecule has 1 N–H and O–H groups in total. The van der Waals surface area contributed by atoms with Crippen molar-refractivity contribution in [3.8, 4) is 6.07 Å². The van der Waals surface area contributed by atoms with Crippen molar-refractivity contribution < 1.29 is 4.79 Å². The van der Waals surface area contributed by atoms with Crippen LogP contribution in [0.2, 0.25) is 0 Å². The van der Waals surface area contributed by atoms with Crippen LogP contribution in [0.4, 0.5) is 5.13 Å². The Hall–Kier alpha value is -1.65. The molecule has 0 unspecified atom stereocenters. The third-order valence-electron chi connectivity index (χ3n) is 4.98. The van der Waals surface area contributed by atoms with Gasteiger partial charge in [0.2, 0.25) is 5.91 Å². The summed E-state index contributed by atoms with van der Waals surface area (Å²) in [5.41, 5.74) is -0.643. The number of hydrogen-bond donors (Lipinski definition) is 1. The lowest BCUT2D eigenvalue weighted by atomic mass is 9.92. The molecule has 0 aromatic carbocycles. The van der Waals surface area contributed by atoms with E-state index in [0.29, 0.717) is 6.54 Å². The van der Waals surface area contributed by atoms with Gasteiger partial charge in [0, 0.05) is 37.8 Å². The molecule has 1 saturated heterocycles. The topological polar surface area (TPSA) is 72.3 Å². The minimum absolute atomic E-state index is 0.0128. The zero-order chi connectivity index (χ0) is 16.8. The Kier molecular flexibility index (Phi) is 5.69. The maximum Gasteiger partial charge on any atom is 0.235 e. The number of aromatic nitrogens is 1. The summed E-state index contributed by atoms with van der Waals surface area (Å²) in [6, 6.07) is 2.39. The fourth-order valence-corrected chi connectivity index (χ4v) is 4.27. The Labute approximate surface area is 147 Å². The van der Waals surface area contributed by atoms with Crippen LogP contribution in [0.15, 0.2) is 11.6 Å². The second kappa shape index (κ2) is 7.95. The molecule has 2 aliphatic rings. The molecule has 1 aromatic rings. The molecule has 24 heavy (non-hydrogen) atoms. The van der Waals surface area contributed by atoms with E-state index in [4.69, 9.17) is 0 Å². The minimum atomic E-state index is -0.643. The Bertz CT molecular complexity index is 566. The summed E-state index contributed by atoms with van der Waals surface area (Å²) in [5, 5.41) is 15.7. The number of carbonyl (C=O) groups is 1. The van der Waals surface area contributed by atoms with Crippen LogP contribution in [-0.2, 0) is 4.79 Å². The summed E-state index contributed by atoms with van der Waals surface area (Å²) in [6.07, 6.45) is 7.78. The summed E-state index contributed by atoms with van der Waals surface area (Å²) < 4.78 is 0. The van der Waals surface area contributed by atoms with Crippen LogP contribution < -0.4 is 10.2 Å². The molecule has 0 spiro atoms. The number of thiazole rings is 1. The van der Waals surface area contributed by atoms with Crippen LogP contribution >= 0.6 is 11.3 Å². The first-order valence-corrected chi connectivity index (χ1v) is 9.68. The third-order valence-corrected chi connectivity index (χ3v) is 5.81. The van der Waals surface area contributed by atoms with Gasteiger partial charge in [0.25, 0.3) is 0 Å². The van der Waals surface area contributed by atoms with E-state index in [1.807, 2.05) is 11.6 Å². The maximum atomic E-state index is 12.4. The fourth-order valence-electron chi connectivity index (χ4n) is 3.58. The van der Waals surface area contributed by atoms with Gasteiger partial charge in [0.1, 0.15) is 5.54 Å². The first-order valence-electron chi connectivity index (χ1n) is 8.80. The molecule has 6 nitrogen and oxygen atoms in total. The van der Waals surface area contributed by atoms with Gasteiger partial charge in [-0.1, -0.05) is 25.7 Å². The van der Waals surface area contributed by atoms with Crippen LogP contribution in [-0.4, -0.2) is 54.1 Å². The second-order valence-corrected chi connectivity index (χ2v) is 7.61. The number of piperazine rings is 1. The average Bonchev–Trinajstić information content (AvgIpc) is 3.03. The van der Waals surface area contributed by atoms with Crippen LogP contribution in [0, 0.1) is 11.3 Å². The van der Waals surface area contributed by atoms with E-state index in [9.17, 15) is 10.1 Å². The van der Waals surface area contributed by atoms with E-state index in [2.05, 4.69) is 26.2 Å². The number of rotatable bonds is 4. The van der Waals surface area contributed by atoms with Crippen molar-refractivity contribution in [2.24, 2.45) is 0 Å². The molecule has 1 aromatic heterocycles. The quantitative estimate of drug-likeness (QED) is 0.844. The third kappa shape index (κ3) is 4.25. The van der Waals surface area contributed by atoms with Gasteiger partial charge in [0.05, 0.1) is 12.6 Å². The summed E-state index contributed by atoms with van der Waals surface area (Å²) in [7, 11) is 0. The van der Waals surface area contributed by atoms with Crippen molar-refractivity contribution >= 4 is 22.4 Å². The molecule has 0 radical (unpaired) electrons. The van der Waals surface area contributed by atoms with Gasteiger partial charge in [0.15, 0.2) is 5.13 Å². The van der Waals surface area contributed by atoms with Gasteiger partial charge in [-0.25, -0.2) is 4.98 Å². The van der Waals surface area contributed by atoms with Crippen molar-refractivity contribution in [3.05, 3.63) is 11.6 Å². The zero-order valence-corrected chi connectivity index (χ0v) is 14.9. The first-order chi connectivity index (χ1) is 11.7. The smallest absolute Gasteiger partial charge is 0.235 e. The number of nitrogens with one attached hydrogen (secondary N) is 1. The van der Waals surface area contributed by atoms with Crippen molar-refractivity contribution in [2.45, 2.75) is 44.1 Å². The summed E-state index contributed by atoms with van der Waals surface area (Å²) in [4.78, 5) is 21.2. The van der Waals surface area contributed by atoms with E-state index in [1.54, 1.807) is 11.3 Å². The lowest BCUT2D eigenvalue weighted by Crippen LogP contribution is -2.53. The Morgan fingerprint density at radius 1 is 1.25 bits per heavy atom. The molecule has 7 heteroatoms. The van der Waals surface area contributed by atoms with Gasteiger partial charge in [-0.2, -0.15) is 5.26 Å². The minimum Gasteiger partial charge on any atom is -0.346 e. The molecular weight excluding hydrogens is 322 g/mol. The van der Waals surface area contributed by atoms with E-state index in [1.165, 1.54) is 0 Å². The Morgan fingerprint density at radius 2 is 1.96 bits per heavy atom. The standard InChI is InChI=1S/C17H25N5OS/c18-14-17(5-3-1-2-4-6-17)20-15(23)13-21-8-10-22(11-9-21)16-19-7-12-24-16/h7,12H,1-6,8-11,13H2,(H,20,23). The molecule has 1 amide bonds. The van der Waals surface area contributed by atoms with Crippen LogP contribution in [0.1, 0.15) is 38.5 Å². The van der Waals surface area contributed by atoms with Gasteiger partial charge >= 0.3 is 0 Å². The first kappa shape index (κ1) is 17.2.